The van der Waals surface area contributed by atoms with Gasteiger partial charge in [-0.15, -0.1) is 5.10 Å². The average Bonchev–Trinajstić information content (AvgIpc) is 3.67. The number of rotatable bonds is 3. The number of benzene rings is 5. The lowest BCUT2D eigenvalue weighted by atomic mass is 9.67. The number of anilines is 1. The Balaban J connectivity index is 1.34. The van der Waals surface area contributed by atoms with Gasteiger partial charge in [0.05, 0.1) is 46.2 Å². The lowest BCUT2D eigenvalue weighted by molar-refractivity contribution is -0.121. The first-order chi connectivity index (χ1) is 23.4. The number of fused-ring (bicyclic) bond motifs is 10. The van der Waals surface area contributed by atoms with Crippen LogP contribution in [0.15, 0.2) is 109 Å². The van der Waals surface area contributed by atoms with E-state index in [1.807, 2.05) is 97.9 Å². The van der Waals surface area contributed by atoms with Crippen LogP contribution >= 0.6 is 0 Å². The van der Waals surface area contributed by atoms with Gasteiger partial charge >= 0.3 is 0 Å². The van der Waals surface area contributed by atoms with E-state index in [1.54, 1.807) is 15.8 Å². The van der Waals surface area contributed by atoms with Crippen molar-refractivity contribution < 1.29 is 9.53 Å². The third kappa shape index (κ3) is 3.58. The predicted molar refractivity (Wildman–Crippen MR) is 181 cm³/mol. The summed E-state index contributed by atoms with van der Waals surface area (Å²) in [6, 6.07) is 31.1. The number of ether oxygens (including phenoxy) is 1. The molecule has 230 valence electrons. The highest BCUT2D eigenvalue weighted by Gasteiger charge is 2.60. The molecule has 0 bridgehead atoms. The quantitative estimate of drug-likeness (QED) is 0.185. The van der Waals surface area contributed by atoms with Crippen LogP contribution in [0.5, 0.6) is 5.75 Å². The summed E-state index contributed by atoms with van der Waals surface area (Å²) in [5.41, 5.74) is 12.9. The molecule has 2 N–H and O–H groups in total. The number of hydrogen-bond acceptors (Lipinski definition) is 8. The number of nitrogens with zero attached hydrogens (tertiary/aromatic N) is 7. The molecule has 0 saturated carbocycles. The summed E-state index contributed by atoms with van der Waals surface area (Å²) in [5.74, 6) is -0.103. The molecule has 2 aliphatic heterocycles. The fraction of sp³-hybridized carbons (Fsp3) is 0.105. The molecule has 0 fully saturated rings. The number of nitrogens with two attached hydrogens (primary N) is 1. The number of aromatic nitrogens is 5. The maximum Gasteiger partial charge on any atom is 0.248 e. The largest absolute Gasteiger partial charge is 0.439 e. The maximum absolute atomic E-state index is 15.5. The summed E-state index contributed by atoms with van der Waals surface area (Å²) < 4.78 is 8.07. The van der Waals surface area contributed by atoms with Crippen molar-refractivity contribution in [1.29, 1.82) is 5.26 Å². The molecule has 9 rings (SSSR count). The molecule has 5 aromatic carbocycles. The zero-order valence-electron chi connectivity index (χ0n) is 26.0. The molecule has 2 aromatic heterocycles. The van der Waals surface area contributed by atoms with Gasteiger partial charge in [-0.2, -0.15) is 5.26 Å². The zero-order valence-corrected chi connectivity index (χ0v) is 26.0. The van der Waals surface area contributed by atoms with Crippen molar-refractivity contribution in [2.45, 2.75) is 25.8 Å². The van der Waals surface area contributed by atoms with Crippen LogP contribution in [0.1, 0.15) is 27.9 Å². The van der Waals surface area contributed by atoms with Crippen molar-refractivity contribution in [3.05, 3.63) is 137 Å². The van der Waals surface area contributed by atoms with E-state index in [0.29, 0.717) is 55.7 Å². The monoisotopic (exact) mass is 626 g/mol. The van der Waals surface area contributed by atoms with Crippen molar-refractivity contribution in [3.8, 4) is 17.5 Å². The van der Waals surface area contributed by atoms with E-state index >= 15 is 4.79 Å². The van der Waals surface area contributed by atoms with E-state index < -0.39 is 5.41 Å². The average molecular weight is 627 g/mol. The standard InChI is InChI=1S/C38H26N8O2/c1-21-15-16-23(17-22(21)2)46-24(19-41-44-46)20-45-31-14-8-5-11-27(31)38(37(45)47)28(18-39)36(40)48-35-26-10-4-3-9-25(26)33-34(32(35)38)43-30-13-7-6-12-29(30)42-33/h3-17,19H,20,40H2,1-2H3. The molecular formula is C38H26N8O2. The Labute approximate surface area is 274 Å². The third-order valence-corrected chi connectivity index (χ3v) is 9.62. The Bertz CT molecular complexity index is 2620. The Kier molecular flexibility index (Phi) is 5.74. The van der Waals surface area contributed by atoms with Gasteiger partial charge in [-0.05, 0) is 55.3 Å². The van der Waals surface area contributed by atoms with E-state index in [0.717, 1.165) is 22.2 Å². The number of amides is 1. The van der Waals surface area contributed by atoms with Gasteiger partial charge in [0.25, 0.3) is 0 Å². The summed E-state index contributed by atoms with van der Waals surface area (Å²) in [5, 5.41) is 20.9. The molecule has 1 spiro atoms. The van der Waals surface area contributed by atoms with Gasteiger partial charge in [0.1, 0.15) is 22.8 Å². The second-order valence-electron chi connectivity index (χ2n) is 12.2. The molecule has 10 heteroatoms. The number of hydrogen-bond donors (Lipinski definition) is 1. The molecule has 0 saturated heterocycles. The van der Waals surface area contributed by atoms with E-state index in [-0.39, 0.29) is 23.9 Å². The highest BCUT2D eigenvalue weighted by atomic mass is 16.5. The van der Waals surface area contributed by atoms with Crippen LogP contribution in [0.2, 0.25) is 0 Å². The van der Waals surface area contributed by atoms with Gasteiger partial charge < -0.3 is 15.4 Å². The number of carbonyl (C=O) groups is 1. The molecule has 1 amide bonds. The SMILES string of the molecule is Cc1ccc(-n2nncc2CN2C(=O)C3(C(C#N)=C(N)Oc4c3c3nc5ccccc5nc3c3ccccc43)c3ccccc32)cc1C. The summed E-state index contributed by atoms with van der Waals surface area (Å²) in [6.45, 7) is 4.23. The van der Waals surface area contributed by atoms with Crippen molar-refractivity contribution in [2.24, 2.45) is 5.73 Å². The summed E-state index contributed by atoms with van der Waals surface area (Å²) >= 11 is 0. The number of aryl methyl sites for hydroxylation is 2. The zero-order chi connectivity index (χ0) is 32.7. The van der Waals surface area contributed by atoms with Crippen LogP contribution in [0.4, 0.5) is 5.69 Å². The van der Waals surface area contributed by atoms with Gasteiger partial charge in [0.15, 0.2) is 0 Å². The second kappa shape index (κ2) is 9.95. The molecule has 0 radical (unpaired) electrons. The Morgan fingerprint density at radius 3 is 2.35 bits per heavy atom. The highest BCUT2D eigenvalue weighted by molar-refractivity contribution is 6.20. The molecule has 2 aliphatic rings. The Hall–Kier alpha value is -6.60. The Morgan fingerprint density at radius 1 is 0.875 bits per heavy atom. The van der Waals surface area contributed by atoms with Gasteiger partial charge in [0.2, 0.25) is 11.8 Å². The molecule has 1 unspecified atom stereocenters. The predicted octanol–water partition coefficient (Wildman–Crippen LogP) is 6.05. The van der Waals surface area contributed by atoms with E-state index in [4.69, 9.17) is 20.4 Å². The first kappa shape index (κ1) is 27.7. The smallest absolute Gasteiger partial charge is 0.248 e. The van der Waals surface area contributed by atoms with Crippen molar-refractivity contribution in [2.75, 3.05) is 4.90 Å². The minimum absolute atomic E-state index is 0.00211. The maximum atomic E-state index is 15.5. The minimum Gasteiger partial charge on any atom is -0.439 e. The number of nitriles is 1. The first-order valence-electron chi connectivity index (χ1n) is 15.5. The number of carbonyl (C=O) groups excluding carboxylic acids is 1. The molecule has 10 nitrogen and oxygen atoms in total. The fourth-order valence-electron chi connectivity index (χ4n) is 7.25. The summed E-state index contributed by atoms with van der Waals surface area (Å²) in [4.78, 5) is 27.3. The lowest BCUT2D eigenvalue weighted by Crippen LogP contribution is -2.46. The molecule has 7 aromatic rings. The van der Waals surface area contributed by atoms with Crippen LogP contribution in [-0.2, 0) is 16.8 Å². The second-order valence-corrected chi connectivity index (χ2v) is 12.2. The molecule has 4 heterocycles. The minimum atomic E-state index is -1.67. The van der Waals surface area contributed by atoms with Crippen LogP contribution in [0.25, 0.3) is 38.5 Å². The van der Waals surface area contributed by atoms with Crippen LogP contribution < -0.4 is 15.4 Å². The fourth-order valence-corrected chi connectivity index (χ4v) is 7.25. The van der Waals surface area contributed by atoms with Gasteiger partial charge in [-0.3, -0.25) is 4.79 Å². The first-order valence-corrected chi connectivity index (χ1v) is 15.5. The van der Waals surface area contributed by atoms with E-state index in [1.165, 1.54) is 0 Å². The normalized spacial score (nSPS) is 16.9. The van der Waals surface area contributed by atoms with Crippen molar-refractivity contribution >= 4 is 44.4 Å². The summed E-state index contributed by atoms with van der Waals surface area (Å²) in [6.07, 6.45) is 1.66. The van der Waals surface area contributed by atoms with Crippen LogP contribution in [-0.4, -0.2) is 30.9 Å². The Morgan fingerprint density at radius 2 is 1.58 bits per heavy atom. The van der Waals surface area contributed by atoms with Gasteiger partial charge in [-0.25, -0.2) is 14.6 Å². The lowest BCUT2D eigenvalue weighted by Gasteiger charge is -2.35. The van der Waals surface area contributed by atoms with E-state index in [2.05, 4.69) is 23.3 Å². The van der Waals surface area contributed by atoms with Crippen molar-refractivity contribution in [1.82, 2.24) is 25.0 Å². The van der Waals surface area contributed by atoms with Gasteiger partial charge in [-0.1, -0.05) is 65.9 Å². The van der Waals surface area contributed by atoms with Crippen LogP contribution in [0, 0.1) is 25.2 Å². The molecule has 48 heavy (non-hydrogen) atoms. The van der Waals surface area contributed by atoms with E-state index in [9.17, 15) is 5.26 Å². The van der Waals surface area contributed by atoms with Gasteiger partial charge in [0, 0.05) is 27.6 Å². The topological polar surface area (TPSA) is 136 Å². The number of para-hydroxylation sites is 3. The third-order valence-electron chi connectivity index (χ3n) is 9.62. The van der Waals surface area contributed by atoms with Crippen molar-refractivity contribution in [3.63, 3.8) is 0 Å². The highest BCUT2D eigenvalue weighted by Crippen LogP contribution is 2.58. The molecule has 1 atom stereocenters. The molecular weight excluding hydrogens is 600 g/mol. The summed E-state index contributed by atoms with van der Waals surface area (Å²) in [7, 11) is 0. The van der Waals surface area contributed by atoms with Crippen LogP contribution in [0.3, 0.4) is 0 Å². The molecule has 0 aliphatic carbocycles.